The number of thioether (sulfide) groups is 1. The number of aryl methyl sites for hydroxylation is 2. The molecule has 4 N–H and O–H groups in total. The van der Waals surface area contributed by atoms with E-state index in [1.165, 1.54) is 24.7 Å². The van der Waals surface area contributed by atoms with Crippen LogP contribution in [0.5, 0.6) is 0 Å². The molecule has 2 aliphatic heterocycles. The minimum Gasteiger partial charge on any atom is -0.480 e. The van der Waals surface area contributed by atoms with Crippen molar-refractivity contribution in [3.8, 4) is 0 Å². The van der Waals surface area contributed by atoms with Crippen LogP contribution in [0.3, 0.4) is 0 Å². The number of amides is 2. The molecule has 26 heteroatoms. The van der Waals surface area contributed by atoms with Gasteiger partial charge in [-0.15, -0.1) is 23.4 Å². The fraction of sp³-hybridized carbons (Fsp3) is 0.522. The van der Waals surface area contributed by atoms with E-state index in [-0.39, 0.29) is 63.8 Å². The third kappa shape index (κ3) is 18.6. The summed E-state index contributed by atoms with van der Waals surface area (Å²) >= 11 is 25.1. The molecule has 4 heterocycles. The number of hydrogen-bond acceptors (Lipinski definition) is 14. The number of halogens is 5. The van der Waals surface area contributed by atoms with Gasteiger partial charge in [0.05, 0.1) is 49.0 Å². The minimum absolute atomic E-state index is 0.0223. The van der Waals surface area contributed by atoms with Gasteiger partial charge in [-0.25, -0.2) is 14.1 Å². The molecule has 0 spiro atoms. The average molecular weight is 1150 g/mol. The van der Waals surface area contributed by atoms with Crippen molar-refractivity contribution in [3.63, 3.8) is 0 Å². The number of carbonyl (C=O) groups is 4. The molecule has 0 saturated carbocycles. The summed E-state index contributed by atoms with van der Waals surface area (Å²) in [5, 5.41) is 8.48. The molecule has 4 unspecified atom stereocenters. The summed E-state index contributed by atoms with van der Waals surface area (Å²) in [6, 6.07) is 11.3. The third-order valence-electron chi connectivity index (χ3n) is 10.8. The van der Waals surface area contributed by atoms with Gasteiger partial charge >= 0.3 is 16.8 Å². The Labute approximate surface area is 445 Å². The number of alkyl halides is 3. The van der Waals surface area contributed by atoms with Crippen LogP contribution in [0.25, 0.3) is 0 Å². The van der Waals surface area contributed by atoms with Gasteiger partial charge in [-0.1, -0.05) is 59.9 Å². The van der Waals surface area contributed by atoms with E-state index >= 15 is 0 Å². The molecule has 1 saturated heterocycles. The van der Waals surface area contributed by atoms with Gasteiger partial charge in [0.2, 0.25) is 10.7 Å². The number of fused-ring (bicyclic) bond motifs is 1. The van der Waals surface area contributed by atoms with Crippen molar-refractivity contribution >= 4 is 112 Å². The maximum absolute atomic E-state index is 14.3. The summed E-state index contributed by atoms with van der Waals surface area (Å²) in [4.78, 5) is 73.6. The van der Waals surface area contributed by atoms with E-state index in [0.29, 0.717) is 41.7 Å². The van der Waals surface area contributed by atoms with Crippen molar-refractivity contribution in [3.05, 3.63) is 90.9 Å². The number of carboxylic acid groups (broad SMARTS) is 1. The maximum atomic E-state index is 14.3. The highest BCUT2D eigenvalue weighted by atomic mass is 35.5. The second-order valence-electron chi connectivity index (χ2n) is 16.8. The van der Waals surface area contributed by atoms with Gasteiger partial charge in [0.15, 0.2) is 12.2 Å². The van der Waals surface area contributed by atoms with Crippen LogP contribution in [0, 0.1) is 12.7 Å². The molecule has 0 radical (unpaired) electrons. The molecule has 18 nitrogen and oxygen atoms in total. The first-order valence-electron chi connectivity index (χ1n) is 22.4. The Kier molecular flexibility index (Phi) is 25.5. The number of hydrogen-bond donors (Lipinski definition) is 3. The van der Waals surface area contributed by atoms with Crippen LogP contribution in [0.15, 0.2) is 67.8 Å². The molecule has 72 heavy (non-hydrogen) atoms. The van der Waals surface area contributed by atoms with Crippen LogP contribution in [0.4, 0.5) is 15.8 Å². The molecule has 2 aromatic heterocycles. The van der Waals surface area contributed by atoms with Crippen molar-refractivity contribution < 1.29 is 56.8 Å². The van der Waals surface area contributed by atoms with Crippen molar-refractivity contribution in [2.24, 2.45) is 10.7 Å². The van der Waals surface area contributed by atoms with Crippen molar-refractivity contribution in [1.29, 1.82) is 0 Å². The lowest BCUT2D eigenvalue weighted by Gasteiger charge is -2.31. The number of benzene rings is 2. The second-order valence-corrected chi connectivity index (χ2v) is 23.0. The number of aromatic nitrogens is 2. The number of aliphatic carboxylic acids is 1. The van der Waals surface area contributed by atoms with E-state index in [9.17, 15) is 32.9 Å². The Bertz CT molecular complexity index is 2630. The van der Waals surface area contributed by atoms with E-state index in [1.807, 2.05) is 32.0 Å². The number of rotatable bonds is 16. The fourth-order valence-corrected chi connectivity index (χ4v) is 10.3. The lowest BCUT2D eigenvalue weighted by Crippen LogP contribution is -2.45. The van der Waals surface area contributed by atoms with E-state index in [2.05, 4.69) is 22.7 Å². The van der Waals surface area contributed by atoms with Crippen molar-refractivity contribution in [1.82, 2.24) is 14.3 Å². The smallest absolute Gasteiger partial charge is 0.325 e. The third-order valence-corrected chi connectivity index (χ3v) is 14.8. The number of nitrogens with two attached hydrogens (primary N) is 1. The molecule has 4 atom stereocenters. The molecule has 400 valence electrons. The number of methoxy groups -OCH3 is 2. The molecular weight excluding hydrogens is 1080 g/mol. The normalized spacial score (nSPS) is 16.6. The van der Waals surface area contributed by atoms with Gasteiger partial charge in [-0.05, 0) is 100 Å². The number of anilines is 1. The predicted molar refractivity (Wildman–Crippen MR) is 280 cm³/mol. The molecule has 2 amide bonds. The molecule has 2 aliphatic rings. The van der Waals surface area contributed by atoms with Gasteiger partial charge in [-0.3, -0.25) is 33.2 Å². The molecule has 1 fully saturated rings. The van der Waals surface area contributed by atoms with E-state index in [0.717, 1.165) is 65.2 Å². The summed E-state index contributed by atoms with van der Waals surface area (Å²) < 4.78 is 49.1. The maximum Gasteiger partial charge on any atom is 0.325 e. The van der Waals surface area contributed by atoms with Crippen LogP contribution < -0.4 is 20.3 Å². The Morgan fingerprint density at radius 1 is 1.12 bits per heavy atom. The molecular formula is C46H62Cl4FN6O12PS2. The number of para-hydroxylation sites is 1. The van der Waals surface area contributed by atoms with Crippen molar-refractivity contribution in [2.45, 2.75) is 107 Å². The zero-order valence-corrected chi connectivity index (χ0v) is 46.7. The molecule has 0 aliphatic carbocycles. The SMILES string of the molecule is CC1(C)OC(c2ccco2)CN1C(=O)C(Cl)Cl.CCc1cccc(C)c1N(C(=O)CCl)C(C)COC.COC(=O)CSc1cc(/N=c2\sc(=O)n3n2CCCC3)c(F)cc1Cl.CP(=O)(O)CCC(N)C(=O)O. The standard InChI is InChI=1S/C15H15ClFN3O3S2.C15H22ClNO2.C11H13Cl2NO3.C5H12NO4P/c1-23-13(21)8-24-12-7-11(10(17)6-9(12)16)18-14-19-4-2-3-5-20(19)15(22)25-14;1-5-13-8-6-7-11(2)15(13)17(14(18)9-16)12(3)10-19-4;1-11(2)14(10(15)9(12)13)6-8(17-11)7-4-3-5-16-7;1-11(9,10)3-2-4(6)5(7)8/h6-7H,2-5,8H2,1H3;6-8,12H,5,9-10H2,1-4H3;3-5,8-9H,6H2,1-2H3;4H,2-3,6H2,1H3,(H,7,8)(H,9,10)/b18-14-;;;. The molecule has 2 aromatic carbocycles. The van der Waals surface area contributed by atoms with E-state index in [4.69, 9.17) is 76.0 Å². The number of nitrogens with zero attached hydrogens (tertiary/aromatic N) is 5. The molecule has 4 aromatic rings. The number of carbonyl (C=O) groups excluding carboxylic acids is 3. The zero-order chi connectivity index (χ0) is 54.1. The van der Waals surface area contributed by atoms with Crippen LogP contribution in [-0.4, -0.2) is 122 Å². The van der Waals surface area contributed by atoms with E-state index in [1.54, 1.807) is 47.6 Å². The Hall–Kier alpha value is -3.73. The van der Waals surface area contributed by atoms with Gasteiger partial charge < -0.3 is 44.2 Å². The Balaban J connectivity index is 0.000000263. The summed E-state index contributed by atoms with van der Waals surface area (Å²) in [7, 11) is -0.168. The summed E-state index contributed by atoms with van der Waals surface area (Å²) in [5.41, 5.74) is 7.65. The van der Waals surface area contributed by atoms with Crippen LogP contribution in [-0.2, 0) is 57.5 Å². The highest BCUT2D eigenvalue weighted by Gasteiger charge is 2.45. The zero-order valence-electron chi connectivity index (χ0n) is 41.2. The fourth-order valence-electron chi connectivity index (χ4n) is 7.18. The number of carboxylic acids is 1. The van der Waals surface area contributed by atoms with Gasteiger partial charge in [0.25, 0.3) is 5.91 Å². The lowest BCUT2D eigenvalue weighted by molar-refractivity contribution is -0.144. The predicted octanol–water partition coefficient (Wildman–Crippen LogP) is 8.37. The Morgan fingerprint density at radius 3 is 2.35 bits per heavy atom. The van der Waals surface area contributed by atoms with Gasteiger partial charge in [-0.2, -0.15) is 0 Å². The first-order valence-corrected chi connectivity index (χ1v) is 28.3. The van der Waals surface area contributed by atoms with Gasteiger partial charge in [0, 0.05) is 37.9 Å². The number of furan rings is 1. The van der Waals surface area contributed by atoms with Crippen molar-refractivity contribution in [2.75, 3.05) is 56.7 Å². The summed E-state index contributed by atoms with van der Waals surface area (Å²) in [5.74, 6) is -1.84. The van der Waals surface area contributed by atoms with E-state index < -0.39 is 41.7 Å². The largest absolute Gasteiger partial charge is 0.480 e. The first-order chi connectivity index (χ1) is 33.8. The lowest BCUT2D eigenvalue weighted by atomic mass is 10.0. The minimum atomic E-state index is -3.10. The summed E-state index contributed by atoms with van der Waals surface area (Å²) in [6.07, 6.45) is 4.06. The quantitative estimate of drug-likeness (QED) is 0.0414. The monoisotopic (exact) mass is 1140 g/mol. The number of esters is 1. The molecule has 6 rings (SSSR count). The molecule has 0 bridgehead atoms. The Morgan fingerprint density at radius 2 is 1.79 bits per heavy atom. The second kappa shape index (κ2) is 29.4. The number of ether oxygens (including phenoxy) is 3. The average Bonchev–Trinajstić information content (AvgIpc) is 4.06. The van der Waals surface area contributed by atoms with Crippen LogP contribution in [0.1, 0.15) is 69.9 Å². The van der Waals surface area contributed by atoms with Crippen LogP contribution in [0.2, 0.25) is 5.02 Å². The first kappa shape index (κ1) is 62.6. The van der Waals surface area contributed by atoms with Crippen LogP contribution >= 0.6 is 76.9 Å². The highest BCUT2D eigenvalue weighted by molar-refractivity contribution is 8.00. The topological polar surface area (TPSA) is 238 Å². The summed E-state index contributed by atoms with van der Waals surface area (Å²) in [6.45, 7) is 13.0. The van der Waals surface area contributed by atoms with Gasteiger partial charge in [0.1, 0.15) is 41.0 Å². The highest BCUT2D eigenvalue weighted by Crippen LogP contribution is 2.38.